The van der Waals surface area contributed by atoms with Crippen molar-refractivity contribution in [2.75, 3.05) is 54.1 Å². The number of ether oxygens (including phenoxy) is 3. The quantitative estimate of drug-likeness (QED) is 0.509. The number of para-hydroxylation sites is 1. The van der Waals surface area contributed by atoms with Crippen molar-refractivity contribution in [1.82, 2.24) is 15.5 Å². The van der Waals surface area contributed by atoms with E-state index in [1.165, 1.54) is 0 Å². The summed E-state index contributed by atoms with van der Waals surface area (Å²) in [6.45, 7) is 4.89. The van der Waals surface area contributed by atoms with E-state index in [0.717, 1.165) is 12.1 Å². The molecule has 1 saturated heterocycles. The molecule has 1 aromatic carbocycles. The second kappa shape index (κ2) is 10.3. The normalized spacial score (nSPS) is 18.9. The minimum atomic E-state index is -0.250. The van der Waals surface area contributed by atoms with Crippen LogP contribution in [-0.2, 0) is 9.53 Å². The average Bonchev–Trinajstić information content (AvgIpc) is 3.13. The SMILES string of the molecule is CCNC(=S)N1CC(C(=O)NCCOC)C(c2cccc(OC)c2OC)C1. The number of nitrogens with zero attached hydrogens (tertiary/aromatic N) is 1. The molecule has 1 aliphatic heterocycles. The largest absolute Gasteiger partial charge is 0.493 e. The maximum absolute atomic E-state index is 12.9. The highest BCUT2D eigenvalue weighted by Crippen LogP contribution is 2.41. The van der Waals surface area contributed by atoms with Crippen LogP contribution in [0.2, 0.25) is 0 Å². The van der Waals surface area contributed by atoms with Gasteiger partial charge in [-0.25, -0.2) is 0 Å². The van der Waals surface area contributed by atoms with Crippen LogP contribution < -0.4 is 20.1 Å². The first-order valence-electron chi connectivity index (χ1n) is 9.07. The molecule has 2 atom stereocenters. The molecule has 1 fully saturated rings. The number of thiocarbonyl (C=S) groups is 1. The summed E-state index contributed by atoms with van der Waals surface area (Å²) < 4.78 is 16.1. The fourth-order valence-corrected chi connectivity index (χ4v) is 3.72. The molecule has 1 heterocycles. The van der Waals surface area contributed by atoms with Gasteiger partial charge in [-0.15, -0.1) is 0 Å². The number of hydrogen-bond acceptors (Lipinski definition) is 5. The smallest absolute Gasteiger partial charge is 0.225 e. The van der Waals surface area contributed by atoms with E-state index in [2.05, 4.69) is 10.6 Å². The molecule has 2 rings (SSSR count). The number of carbonyl (C=O) groups excluding carboxylic acids is 1. The Labute approximate surface area is 166 Å². The summed E-state index contributed by atoms with van der Waals surface area (Å²) in [6.07, 6.45) is 0. The molecule has 0 bridgehead atoms. The van der Waals surface area contributed by atoms with Gasteiger partial charge in [0.2, 0.25) is 5.91 Å². The van der Waals surface area contributed by atoms with Crippen LogP contribution in [0.5, 0.6) is 11.5 Å². The molecule has 2 unspecified atom stereocenters. The second-order valence-electron chi connectivity index (χ2n) is 6.32. The monoisotopic (exact) mass is 395 g/mol. The Morgan fingerprint density at radius 3 is 2.63 bits per heavy atom. The lowest BCUT2D eigenvalue weighted by molar-refractivity contribution is -0.125. The van der Waals surface area contributed by atoms with Gasteiger partial charge < -0.3 is 29.7 Å². The van der Waals surface area contributed by atoms with Crippen molar-refractivity contribution >= 4 is 23.2 Å². The van der Waals surface area contributed by atoms with Crippen molar-refractivity contribution in [2.24, 2.45) is 5.92 Å². The van der Waals surface area contributed by atoms with Crippen molar-refractivity contribution in [3.05, 3.63) is 23.8 Å². The van der Waals surface area contributed by atoms with Crippen LogP contribution in [-0.4, -0.2) is 70.0 Å². The first kappa shape index (κ1) is 21.2. The number of benzene rings is 1. The highest BCUT2D eigenvalue weighted by molar-refractivity contribution is 7.80. The fraction of sp³-hybridized carbons (Fsp3) is 0.579. The van der Waals surface area contributed by atoms with Gasteiger partial charge in [-0.1, -0.05) is 12.1 Å². The van der Waals surface area contributed by atoms with E-state index in [9.17, 15) is 4.79 Å². The number of carbonyl (C=O) groups is 1. The zero-order valence-corrected chi connectivity index (χ0v) is 17.2. The molecule has 2 N–H and O–H groups in total. The van der Waals surface area contributed by atoms with Gasteiger partial charge in [-0.05, 0) is 25.2 Å². The van der Waals surface area contributed by atoms with E-state index in [1.807, 2.05) is 30.0 Å². The Hall–Kier alpha value is -2.06. The number of amides is 1. The molecule has 0 spiro atoms. The number of methoxy groups -OCH3 is 3. The lowest BCUT2D eigenvalue weighted by atomic mass is 9.87. The predicted octanol–water partition coefficient (Wildman–Crippen LogP) is 1.38. The van der Waals surface area contributed by atoms with E-state index in [4.69, 9.17) is 26.4 Å². The molecule has 0 radical (unpaired) electrons. The Balaban J connectivity index is 2.31. The molecule has 150 valence electrons. The molecule has 7 nitrogen and oxygen atoms in total. The average molecular weight is 396 g/mol. The lowest BCUT2D eigenvalue weighted by Crippen LogP contribution is -2.40. The van der Waals surface area contributed by atoms with Crippen molar-refractivity contribution in [2.45, 2.75) is 12.8 Å². The summed E-state index contributed by atoms with van der Waals surface area (Å²) >= 11 is 5.48. The zero-order valence-electron chi connectivity index (χ0n) is 16.4. The number of nitrogens with one attached hydrogen (secondary N) is 2. The highest BCUT2D eigenvalue weighted by atomic mass is 32.1. The van der Waals surface area contributed by atoms with Gasteiger partial charge in [-0.3, -0.25) is 4.79 Å². The van der Waals surface area contributed by atoms with Gasteiger partial charge in [0.1, 0.15) is 0 Å². The second-order valence-corrected chi connectivity index (χ2v) is 6.71. The maximum Gasteiger partial charge on any atom is 0.225 e. The van der Waals surface area contributed by atoms with Crippen molar-refractivity contribution in [3.8, 4) is 11.5 Å². The van der Waals surface area contributed by atoms with Crippen LogP contribution in [0.4, 0.5) is 0 Å². The first-order chi connectivity index (χ1) is 13.1. The summed E-state index contributed by atoms with van der Waals surface area (Å²) in [5.74, 6) is 0.995. The molecular formula is C19H29N3O4S. The Bertz CT molecular complexity index is 656. The Morgan fingerprint density at radius 1 is 1.22 bits per heavy atom. The molecule has 0 aliphatic carbocycles. The summed E-state index contributed by atoms with van der Waals surface area (Å²) in [7, 11) is 4.84. The van der Waals surface area contributed by atoms with Crippen molar-refractivity contribution < 1.29 is 19.0 Å². The minimum Gasteiger partial charge on any atom is -0.493 e. The maximum atomic E-state index is 12.9. The van der Waals surface area contributed by atoms with E-state index < -0.39 is 0 Å². The standard InChI is InChI=1S/C19H29N3O4S/c1-5-20-19(27)22-11-14(15(12-22)18(23)21-9-10-24-2)13-7-6-8-16(25-3)17(13)26-4/h6-8,14-15H,5,9-12H2,1-4H3,(H,20,27)(H,21,23). The Kier molecular flexibility index (Phi) is 8.12. The van der Waals surface area contributed by atoms with Gasteiger partial charge in [0.15, 0.2) is 16.6 Å². The highest BCUT2D eigenvalue weighted by Gasteiger charge is 2.41. The van der Waals surface area contributed by atoms with Gasteiger partial charge in [0.25, 0.3) is 0 Å². The summed E-state index contributed by atoms with van der Waals surface area (Å²) in [5.41, 5.74) is 0.950. The number of likely N-dealkylation sites (tertiary alicyclic amines) is 1. The van der Waals surface area contributed by atoms with Gasteiger partial charge >= 0.3 is 0 Å². The molecule has 1 aromatic rings. The predicted molar refractivity (Wildman–Crippen MR) is 109 cm³/mol. The van der Waals surface area contributed by atoms with Gasteiger partial charge in [0.05, 0.1) is 26.7 Å². The fourth-order valence-electron chi connectivity index (χ4n) is 3.42. The topological polar surface area (TPSA) is 72.1 Å². The van der Waals surface area contributed by atoms with Crippen molar-refractivity contribution in [3.63, 3.8) is 0 Å². The van der Waals surface area contributed by atoms with Gasteiger partial charge in [-0.2, -0.15) is 0 Å². The van der Waals surface area contributed by atoms with Crippen molar-refractivity contribution in [1.29, 1.82) is 0 Å². The molecular weight excluding hydrogens is 366 g/mol. The minimum absolute atomic E-state index is 0.0104. The molecule has 27 heavy (non-hydrogen) atoms. The number of hydrogen-bond donors (Lipinski definition) is 2. The van der Waals surface area contributed by atoms with Crippen LogP contribution in [0, 0.1) is 5.92 Å². The third kappa shape index (κ3) is 5.01. The van der Waals surface area contributed by atoms with Crippen LogP contribution in [0.3, 0.4) is 0 Å². The third-order valence-electron chi connectivity index (χ3n) is 4.71. The van der Waals surface area contributed by atoms with E-state index >= 15 is 0 Å². The van der Waals surface area contributed by atoms with E-state index in [1.54, 1.807) is 21.3 Å². The molecule has 1 aliphatic rings. The summed E-state index contributed by atoms with van der Waals surface area (Å²) in [4.78, 5) is 14.9. The van der Waals surface area contributed by atoms with E-state index in [0.29, 0.717) is 42.9 Å². The van der Waals surface area contributed by atoms with Gasteiger partial charge in [0, 0.05) is 44.8 Å². The van der Waals surface area contributed by atoms with Crippen LogP contribution in [0.1, 0.15) is 18.4 Å². The molecule has 1 amide bonds. The lowest BCUT2D eigenvalue weighted by Gasteiger charge is -2.22. The van der Waals surface area contributed by atoms with Crippen LogP contribution in [0.25, 0.3) is 0 Å². The molecule has 0 saturated carbocycles. The van der Waals surface area contributed by atoms with E-state index in [-0.39, 0.29) is 17.7 Å². The first-order valence-corrected chi connectivity index (χ1v) is 9.48. The third-order valence-corrected chi connectivity index (χ3v) is 5.11. The molecule has 0 aromatic heterocycles. The number of rotatable bonds is 8. The van der Waals surface area contributed by atoms with Crippen LogP contribution >= 0.6 is 12.2 Å². The Morgan fingerprint density at radius 2 is 2.00 bits per heavy atom. The molecule has 8 heteroatoms. The summed E-state index contributed by atoms with van der Waals surface area (Å²) in [6, 6.07) is 5.76. The van der Waals surface area contributed by atoms with Crippen LogP contribution in [0.15, 0.2) is 18.2 Å². The summed E-state index contributed by atoms with van der Waals surface area (Å²) in [5, 5.41) is 6.79. The zero-order chi connectivity index (χ0) is 19.8.